The van der Waals surface area contributed by atoms with Gasteiger partial charge in [0.1, 0.15) is 0 Å². The number of amides is 1. The maximum Gasteiger partial charge on any atom is 0.418 e. The standard InChI is InChI=1S/C19H19F3N2O/c20-19(21,22)16-8-4-5-9-17(16)23-18(25)14-10-12-24(13-11-14)15-6-2-1-3-7-15/h1-9,14H,10-13H2,(H,23,25). The molecule has 2 aromatic rings. The van der Waals surface area contributed by atoms with Crippen molar-refractivity contribution in [2.75, 3.05) is 23.3 Å². The van der Waals surface area contributed by atoms with Gasteiger partial charge in [-0.2, -0.15) is 13.2 Å². The van der Waals surface area contributed by atoms with Crippen LogP contribution in [-0.2, 0) is 11.0 Å². The summed E-state index contributed by atoms with van der Waals surface area (Å²) >= 11 is 0. The van der Waals surface area contributed by atoms with Gasteiger partial charge in [-0.1, -0.05) is 30.3 Å². The second kappa shape index (κ2) is 7.17. The fourth-order valence-corrected chi connectivity index (χ4v) is 3.11. The van der Waals surface area contributed by atoms with E-state index < -0.39 is 11.7 Å². The third kappa shape index (κ3) is 4.13. The van der Waals surface area contributed by atoms with Crippen LogP contribution in [0.5, 0.6) is 0 Å². The van der Waals surface area contributed by atoms with E-state index in [0.717, 1.165) is 11.8 Å². The van der Waals surface area contributed by atoms with Crippen molar-refractivity contribution in [3.05, 3.63) is 60.2 Å². The highest BCUT2D eigenvalue weighted by atomic mass is 19.4. The van der Waals surface area contributed by atoms with Crippen LogP contribution in [0.15, 0.2) is 54.6 Å². The monoisotopic (exact) mass is 348 g/mol. The SMILES string of the molecule is O=C(Nc1ccccc1C(F)(F)F)C1CCN(c2ccccc2)CC1. The summed E-state index contributed by atoms with van der Waals surface area (Å²) in [6.07, 6.45) is -3.25. The Morgan fingerprint density at radius 1 is 0.960 bits per heavy atom. The van der Waals surface area contributed by atoms with Gasteiger partial charge in [-0.15, -0.1) is 0 Å². The predicted molar refractivity (Wildman–Crippen MR) is 91.5 cm³/mol. The molecule has 0 unspecified atom stereocenters. The van der Waals surface area contributed by atoms with E-state index in [2.05, 4.69) is 10.2 Å². The maximum atomic E-state index is 13.0. The molecule has 2 aromatic carbocycles. The lowest BCUT2D eigenvalue weighted by Crippen LogP contribution is -2.38. The summed E-state index contributed by atoms with van der Waals surface area (Å²) in [5.74, 6) is -0.620. The fourth-order valence-electron chi connectivity index (χ4n) is 3.11. The molecule has 3 nitrogen and oxygen atoms in total. The van der Waals surface area contributed by atoms with Crippen molar-refractivity contribution in [2.45, 2.75) is 19.0 Å². The second-order valence-electron chi connectivity index (χ2n) is 6.13. The average molecular weight is 348 g/mol. The maximum absolute atomic E-state index is 13.0. The molecule has 0 atom stereocenters. The lowest BCUT2D eigenvalue weighted by molar-refractivity contribution is -0.137. The van der Waals surface area contributed by atoms with Gasteiger partial charge in [0.2, 0.25) is 5.91 Å². The van der Waals surface area contributed by atoms with Gasteiger partial charge in [0.05, 0.1) is 11.3 Å². The van der Waals surface area contributed by atoms with Gasteiger partial charge in [0.15, 0.2) is 0 Å². The second-order valence-corrected chi connectivity index (χ2v) is 6.13. The zero-order valence-electron chi connectivity index (χ0n) is 13.6. The van der Waals surface area contributed by atoms with Crippen LogP contribution in [0.3, 0.4) is 0 Å². The molecule has 0 aliphatic carbocycles. The molecule has 1 aliphatic heterocycles. The Bertz CT molecular complexity index is 723. The van der Waals surface area contributed by atoms with Gasteiger partial charge < -0.3 is 10.2 Å². The number of nitrogens with zero attached hydrogens (tertiary/aromatic N) is 1. The van der Waals surface area contributed by atoms with Crippen LogP contribution >= 0.6 is 0 Å². The number of piperidine rings is 1. The molecule has 3 rings (SSSR count). The summed E-state index contributed by atoms with van der Waals surface area (Å²) in [5.41, 5.74) is 0.110. The number of alkyl halides is 3. The van der Waals surface area contributed by atoms with E-state index in [9.17, 15) is 18.0 Å². The first-order valence-electron chi connectivity index (χ1n) is 8.22. The van der Waals surface area contributed by atoms with Crippen LogP contribution in [-0.4, -0.2) is 19.0 Å². The van der Waals surface area contributed by atoms with Crippen molar-refractivity contribution in [3.63, 3.8) is 0 Å². The topological polar surface area (TPSA) is 32.3 Å². The molecule has 1 aliphatic rings. The molecule has 1 amide bonds. The number of hydrogen-bond acceptors (Lipinski definition) is 2. The summed E-state index contributed by atoms with van der Waals surface area (Å²) in [4.78, 5) is 14.6. The number of carbonyl (C=O) groups is 1. The lowest BCUT2D eigenvalue weighted by Gasteiger charge is -2.33. The van der Waals surface area contributed by atoms with E-state index in [1.807, 2.05) is 30.3 Å². The molecule has 25 heavy (non-hydrogen) atoms. The van der Waals surface area contributed by atoms with Crippen LogP contribution < -0.4 is 10.2 Å². The number of nitrogens with one attached hydrogen (secondary N) is 1. The van der Waals surface area contributed by atoms with Crippen molar-refractivity contribution in [1.29, 1.82) is 0 Å². The van der Waals surface area contributed by atoms with Crippen molar-refractivity contribution in [3.8, 4) is 0 Å². The zero-order valence-corrected chi connectivity index (χ0v) is 13.6. The van der Waals surface area contributed by atoms with E-state index in [1.54, 1.807) is 0 Å². The van der Waals surface area contributed by atoms with Gasteiger partial charge >= 0.3 is 6.18 Å². The molecule has 132 valence electrons. The van der Waals surface area contributed by atoms with Crippen molar-refractivity contribution < 1.29 is 18.0 Å². The molecule has 1 N–H and O–H groups in total. The number of hydrogen-bond donors (Lipinski definition) is 1. The smallest absolute Gasteiger partial charge is 0.371 e. The molecule has 1 fully saturated rings. The summed E-state index contributed by atoms with van der Waals surface area (Å²) < 4.78 is 39.1. The van der Waals surface area contributed by atoms with Crippen molar-refractivity contribution in [2.24, 2.45) is 5.92 Å². The van der Waals surface area contributed by atoms with E-state index in [1.165, 1.54) is 18.2 Å². The van der Waals surface area contributed by atoms with Crippen LogP contribution in [0.2, 0.25) is 0 Å². The predicted octanol–water partition coefficient (Wildman–Crippen LogP) is 4.56. The minimum absolute atomic E-state index is 0.175. The van der Waals surface area contributed by atoms with Crippen LogP contribution in [0.25, 0.3) is 0 Å². The molecule has 0 aromatic heterocycles. The third-order valence-corrected chi connectivity index (χ3v) is 4.48. The van der Waals surface area contributed by atoms with Gasteiger partial charge in [-0.25, -0.2) is 0 Å². The van der Waals surface area contributed by atoms with Gasteiger partial charge in [-0.3, -0.25) is 4.79 Å². The van der Waals surface area contributed by atoms with E-state index >= 15 is 0 Å². The lowest BCUT2D eigenvalue weighted by atomic mass is 9.95. The van der Waals surface area contributed by atoms with Crippen molar-refractivity contribution >= 4 is 17.3 Å². The molecule has 0 radical (unpaired) electrons. The number of anilines is 2. The summed E-state index contributed by atoms with van der Waals surface area (Å²) in [6, 6.07) is 15.0. The summed E-state index contributed by atoms with van der Waals surface area (Å²) in [5, 5.41) is 2.46. The fraction of sp³-hybridized carbons (Fsp3) is 0.316. The summed E-state index contributed by atoms with van der Waals surface area (Å²) in [7, 11) is 0. The highest BCUT2D eigenvalue weighted by Crippen LogP contribution is 2.35. The quantitative estimate of drug-likeness (QED) is 0.882. The molecule has 6 heteroatoms. The van der Waals surface area contributed by atoms with E-state index in [0.29, 0.717) is 25.9 Å². The minimum Gasteiger partial charge on any atom is -0.371 e. The first kappa shape index (κ1) is 17.3. The highest BCUT2D eigenvalue weighted by molar-refractivity contribution is 5.93. The number of para-hydroxylation sites is 2. The first-order chi connectivity index (χ1) is 11.9. The molecule has 0 spiro atoms. The number of rotatable bonds is 3. The van der Waals surface area contributed by atoms with Gasteiger partial charge in [0.25, 0.3) is 0 Å². The molecule has 0 saturated carbocycles. The zero-order chi connectivity index (χ0) is 17.9. The Kier molecular flexibility index (Phi) is 4.97. The Labute approximate surface area is 144 Å². The molecule has 1 heterocycles. The largest absolute Gasteiger partial charge is 0.418 e. The Morgan fingerprint density at radius 2 is 1.56 bits per heavy atom. The Hall–Kier alpha value is -2.50. The minimum atomic E-state index is -4.49. The normalized spacial score (nSPS) is 15.9. The van der Waals surface area contributed by atoms with Crippen LogP contribution in [0, 0.1) is 5.92 Å². The molecule has 1 saturated heterocycles. The Morgan fingerprint density at radius 3 is 2.20 bits per heavy atom. The van der Waals surface area contributed by atoms with Crippen LogP contribution in [0.1, 0.15) is 18.4 Å². The van der Waals surface area contributed by atoms with Gasteiger partial charge in [0, 0.05) is 24.7 Å². The number of benzene rings is 2. The van der Waals surface area contributed by atoms with Gasteiger partial charge in [-0.05, 0) is 37.1 Å². The van der Waals surface area contributed by atoms with E-state index in [-0.39, 0.29) is 17.5 Å². The number of halogens is 3. The van der Waals surface area contributed by atoms with Crippen molar-refractivity contribution in [1.82, 2.24) is 0 Å². The van der Waals surface area contributed by atoms with E-state index in [4.69, 9.17) is 0 Å². The highest BCUT2D eigenvalue weighted by Gasteiger charge is 2.34. The molecule has 0 bridgehead atoms. The number of carbonyl (C=O) groups excluding carboxylic acids is 1. The Balaban J connectivity index is 1.63. The third-order valence-electron chi connectivity index (χ3n) is 4.48. The van der Waals surface area contributed by atoms with Crippen LogP contribution in [0.4, 0.5) is 24.5 Å². The molecular formula is C19H19F3N2O. The first-order valence-corrected chi connectivity index (χ1v) is 8.22. The summed E-state index contributed by atoms with van der Waals surface area (Å²) in [6.45, 7) is 1.42. The molecular weight excluding hydrogens is 329 g/mol. The average Bonchev–Trinajstić information content (AvgIpc) is 2.62.